The molecule has 1 aromatic carbocycles. The monoisotopic (exact) mass is 275 g/mol. The summed E-state index contributed by atoms with van der Waals surface area (Å²) in [6.45, 7) is 1.03. The van der Waals surface area contributed by atoms with Crippen LogP contribution in [0.25, 0.3) is 10.2 Å². The van der Waals surface area contributed by atoms with Gasteiger partial charge in [-0.1, -0.05) is 11.3 Å². The van der Waals surface area contributed by atoms with E-state index in [4.69, 9.17) is 5.73 Å². The first-order chi connectivity index (χ1) is 9.13. The van der Waals surface area contributed by atoms with Crippen LogP contribution in [0.3, 0.4) is 0 Å². The quantitative estimate of drug-likeness (QED) is 0.859. The molecule has 1 saturated heterocycles. The number of hydrogen-bond donors (Lipinski definition) is 1. The van der Waals surface area contributed by atoms with Crippen molar-refractivity contribution >= 4 is 38.4 Å². The Morgan fingerprint density at radius 3 is 2.79 bits per heavy atom. The first-order valence-electron chi connectivity index (χ1n) is 6.10. The zero-order valence-corrected chi connectivity index (χ0v) is 11.1. The van der Waals surface area contributed by atoms with Gasteiger partial charge in [0.1, 0.15) is 5.78 Å². The molecule has 2 heterocycles. The molecular weight excluding hydrogens is 262 g/mol. The lowest BCUT2D eigenvalue weighted by Crippen LogP contribution is -2.38. The van der Waals surface area contributed by atoms with Gasteiger partial charge in [-0.25, -0.2) is 4.98 Å². The maximum absolute atomic E-state index is 12.3. The molecule has 6 heteroatoms. The molecule has 1 aliphatic rings. The fraction of sp³-hybridized carbons (Fsp3) is 0.308. The number of fused-ring (bicyclic) bond motifs is 1. The Kier molecular flexibility index (Phi) is 2.94. The van der Waals surface area contributed by atoms with Crippen LogP contribution in [0.1, 0.15) is 23.2 Å². The van der Waals surface area contributed by atoms with E-state index in [-0.39, 0.29) is 11.7 Å². The average Bonchev–Trinajstić information content (AvgIpc) is 2.77. The molecule has 1 fully saturated rings. The standard InChI is InChI=1S/C13H13N3O2S/c14-13-15-10-2-1-8(7-11(10)19-13)12(18)16-5-3-9(17)4-6-16/h1-2,7H,3-6H2,(H2,14,15). The zero-order chi connectivity index (χ0) is 13.4. The zero-order valence-electron chi connectivity index (χ0n) is 10.3. The van der Waals surface area contributed by atoms with Gasteiger partial charge >= 0.3 is 0 Å². The van der Waals surface area contributed by atoms with Crippen LogP contribution in [0.4, 0.5) is 5.13 Å². The maximum atomic E-state index is 12.3. The fourth-order valence-electron chi connectivity index (χ4n) is 2.22. The van der Waals surface area contributed by atoms with Crippen molar-refractivity contribution in [3.05, 3.63) is 23.8 Å². The van der Waals surface area contributed by atoms with E-state index in [0.717, 1.165) is 10.2 Å². The number of piperidine rings is 1. The number of thiazole rings is 1. The Morgan fingerprint density at radius 1 is 1.32 bits per heavy atom. The molecule has 1 aliphatic heterocycles. The van der Waals surface area contributed by atoms with Gasteiger partial charge in [0, 0.05) is 31.5 Å². The van der Waals surface area contributed by atoms with Crippen LogP contribution in [0.15, 0.2) is 18.2 Å². The summed E-state index contributed by atoms with van der Waals surface area (Å²) in [6, 6.07) is 5.40. The number of anilines is 1. The first kappa shape index (κ1) is 12.1. The number of Topliss-reactive ketones (excluding diaryl/α,β-unsaturated/α-hetero) is 1. The third kappa shape index (κ3) is 2.31. The second kappa shape index (κ2) is 4.62. The van der Waals surface area contributed by atoms with Crippen molar-refractivity contribution < 1.29 is 9.59 Å². The van der Waals surface area contributed by atoms with Crippen LogP contribution in [-0.2, 0) is 4.79 Å². The lowest BCUT2D eigenvalue weighted by Gasteiger charge is -2.26. The highest BCUT2D eigenvalue weighted by Gasteiger charge is 2.22. The highest BCUT2D eigenvalue weighted by Crippen LogP contribution is 2.25. The molecule has 0 aliphatic carbocycles. The lowest BCUT2D eigenvalue weighted by atomic mass is 10.1. The number of amides is 1. The molecule has 0 unspecified atom stereocenters. The Balaban J connectivity index is 1.86. The molecule has 98 valence electrons. The molecule has 19 heavy (non-hydrogen) atoms. The van der Waals surface area contributed by atoms with Crippen LogP contribution in [-0.4, -0.2) is 34.7 Å². The van der Waals surface area contributed by atoms with Crippen LogP contribution >= 0.6 is 11.3 Å². The van der Waals surface area contributed by atoms with Crippen LogP contribution in [0.2, 0.25) is 0 Å². The van der Waals surface area contributed by atoms with E-state index in [0.29, 0.717) is 36.6 Å². The van der Waals surface area contributed by atoms with Crippen molar-refractivity contribution in [2.24, 2.45) is 0 Å². The van der Waals surface area contributed by atoms with Gasteiger partial charge in [-0.2, -0.15) is 0 Å². The van der Waals surface area contributed by atoms with E-state index in [1.54, 1.807) is 11.0 Å². The molecule has 0 radical (unpaired) electrons. The largest absolute Gasteiger partial charge is 0.375 e. The van der Waals surface area contributed by atoms with Gasteiger partial charge in [-0.05, 0) is 18.2 Å². The molecule has 0 saturated carbocycles. The van der Waals surface area contributed by atoms with E-state index in [9.17, 15) is 9.59 Å². The van der Waals surface area contributed by atoms with Crippen molar-refractivity contribution in [1.82, 2.24) is 9.88 Å². The summed E-state index contributed by atoms with van der Waals surface area (Å²) in [5, 5.41) is 0.503. The third-order valence-corrected chi connectivity index (χ3v) is 4.11. The second-order valence-corrected chi connectivity index (χ2v) is 5.63. The number of nitrogens with two attached hydrogens (primary N) is 1. The summed E-state index contributed by atoms with van der Waals surface area (Å²) in [5.74, 6) is 0.205. The summed E-state index contributed by atoms with van der Waals surface area (Å²) in [5.41, 5.74) is 7.09. The minimum absolute atomic E-state index is 0.0265. The molecule has 5 nitrogen and oxygen atoms in total. The van der Waals surface area contributed by atoms with Gasteiger partial charge in [0.05, 0.1) is 10.2 Å². The minimum Gasteiger partial charge on any atom is -0.375 e. The van der Waals surface area contributed by atoms with Gasteiger partial charge in [0.15, 0.2) is 5.13 Å². The van der Waals surface area contributed by atoms with Crippen molar-refractivity contribution in [2.45, 2.75) is 12.8 Å². The van der Waals surface area contributed by atoms with Crippen molar-refractivity contribution in [1.29, 1.82) is 0 Å². The Bertz CT molecular complexity index is 655. The number of benzene rings is 1. The summed E-state index contributed by atoms with van der Waals surface area (Å²) in [7, 11) is 0. The number of likely N-dealkylation sites (tertiary alicyclic amines) is 1. The van der Waals surface area contributed by atoms with E-state index in [1.165, 1.54) is 11.3 Å². The van der Waals surface area contributed by atoms with Gasteiger partial charge in [-0.15, -0.1) is 0 Å². The molecule has 1 amide bonds. The topological polar surface area (TPSA) is 76.3 Å². The van der Waals surface area contributed by atoms with Crippen LogP contribution in [0, 0.1) is 0 Å². The molecule has 2 N–H and O–H groups in total. The number of nitrogens with zero attached hydrogens (tertiary/aromatic N) is 2. The number of aromatic nitrogens is 1. The van der Waals surface area contributed by atoms with E-state index in [1.807, 2.05) is 12.1 Å². The van der Waals surface area contributed by atoms with Gasteiger partial charge in [0.2, 0.25) is 0 Å². The minimum atomic E-state index is -0.0265. The summed E-state index contributed by atoms with van der Waals surface area (Å²) >= 11 is 1.37. The first-order valence-corrected chi connectivity index (χ1v) is 6.92. The molecule has 3 rings (SSSR count). The van der Waals surface area contributed by atoms with Crippen molar-refractivity contribution in [3.63, 3.8) is 0 Å². The predicted molar refractivity (Wildman–Crippen MR) is 74.2 cm³/mol. The van der Waals surface area contributed by atoms with Gasteiger partial charge < -0.3 is 10.6 Å². The summed E-state index contributed by atoms with van der Waals surface area (Å²) in [6.07, 6.45) is 0.920. The lowest BCUT2D eigenvalue weighted by molar-refractivity contribution is -0.120. The molecule has 0 atom stereocenters. The Hall–Kier alpha value is -1.95. The summed E-state index contributed by atoms with van der Waals surface area (Å²) in [4.78, 5) is 29.4. The van der Waals surface area contributed by atoms with Crippen LogP contribution in [0.5, 0.6) is 0 Å². The average molecular weight is 275 g/mol. The SMILES string of the molecule is Nc1nc2ccc(C(=O)N3CCC(=O)CC3)cc2s1. The van der Waals surface area contributed by atoms with E-state index < -0.39 is 0 Å². The normalized spacial score (nSPS) is 16.0. The smallest absolute Gasteiger partial charge is 0.253 e. The second-order valence-electron chi connectivity index (χ2n) is 4.57. The Morgan fingerprint density at radius 2 is 2.05 bits per heavy atom. The molecular formula is C13H13N3O2S. The molecule has 1 aromatic heterocycles. The number of carbonyl (C=O) groups excluding carboxylic acids is 2. The number of carbonyl (C=O) groups is 2. The number of ketones is 1. The molecule has 0 spiro atoms. The fourth-order valence-corrected chi connectivity index (χ4v) is 2.99. The van der Waals surface area contributed by atoms with Crippen molar-refractivity contribution in [2.75, 3.05) is 18.8 Å². The van der Waals surface area contributed by atoms with Crippen molar-refractivity contribution in [3.8, 4) is 0 Å². The third-order valence-electron chi connectivity index (χ3n) is 3.26. The summed E-state index contributed by atoms with van der Waals surface area (Å²) < 4.78 is 0.913. The number of rotatable bonds is 1. The predicted octanol–water partition coefficient (Wildman–Crippen LogP) is 1.68. The Labute approximate surface area is 114 Å². The highest BCUT2D eigenvalue weighted by atomic mass is 32.1. The maximum Gasteiger partial charge on any atom is 0.253 e. The highest BCUT2D eigenvalue weighted by molar-refractivity contribution is 7.22. The molecule has 2 aromatic rings. The van der Waals surface area contributed by atoms with Crippen LogP contribution < -0.4 is 5.73 Å². The van der Waals surface area contributed by atoms with E-state index in [2.05, 4.69) is 4.98 Å². The number of hydrogen-bond acceptors (Lipinski definition) is 5. The van der Waals surface area contributed by atoms with Gasteiger partial charge in [0.25, 0.3) is 5.91 Å². The number of nitrogen functional groups attached to an aromatic ring is 1. The van der Waals surface area contributed by atoms with E-state index >= 15 is 0 Å². The van der Waals surface area contributed by atoms with Gasteiger partial charge in [-0.3, -0.25) is 9.59 Å². The molecule has 0 bridgehead atoms.